The van der Waals surface area contributed by atoms with Gasteiger partial charge in [0.1, 0.15) is 12.4 Å². The largest absolute Gasteiger partial charge is 0.489 e. The molecule has 0 aliphatic heterocycles. The van der Waals surface area contributed by atoms with Gasteiger partial charge in [-0.15, -0.1) is 0 Å². The summed E-state index contributed by atoms with van der Waals surface area (Å²) in [4.78, 5) is 6.46. The molecule has 2 rings (SSSR count). The third-order valence-corrected chi connectivity index (χ3v) is 3.98. The standard InChI is InChI=1S/C22H30N4O/c1-5-14-27-21-9-7-6-8-20(21)16-25-22(23-2)24-15-18-10-12-19(13-11-18)17-26(3)4/h5-13H,1,14-17H2,2-4H3,(H2,23,24,25). The second-order valence-electron chi connectivity index (χ2n) is 6.54. The van der Waals surface area contributed by atoms with Crippen LogP contribution >= 0.6 is 0 Å². The highest BCUT2D eigenvalue weighted by Crippen LogP contribution is 2.17. The summed E-state index contributed by atoms with van der Waals surface area (Å²) in [6.07, 6.45) is 1.74. The van der Waals surface area contributed by atoms with Crippen molar-refractivity contribution < 1.29 is 4.74 Å². The number of rotatable bonds is 9. The Kier molecular flexibility index (Phi) is 8.39. The maximum Gasteiger partial charge on any atom is 0.191 e. The Morgan fingerprint density at radius 1 is 1.04 bits per heavy atom. The van der Waals surface area contributed by atoms with Crippen LogP contribution in [0.5, 0.6) is 5.75 Å². The summed E-state index contributed by atoms with van der Waals surface area (Å²) < 4.78 is 5.70. The zero-order valence-corrected chi connectivity index (χ0v) is 16.5. The van der Waals surface area contributed by atoms with Gasteiger partial charge in [0.2, 0.25) is 0 Å². The van der Waals surface area contributed by atoms with E-state index >= 15 is 0 Å². The van der Waals surface area contributed by atoms with Crippen molar-refractivity contribution in [3.63, 3.8) is 0 Å². The lowest BCUT2D eigenvalue weighted by Gasteiger charge is -2.15. The fourth-order valence-corrected chi connectivity index (χ4v) is 2.65. The van der Waals surface area contributed by atoms with Gasteiger partial charge in [0.25, 0.3) is 0 Å². The second kappa shape index (κ2) is 11.0. The van der Waals surface area contributed by atoms with Crippen molar-refractivity contribution in [2.75, 3.05) is 27.7 Å². The van der Waals surface area contributed by atoms with Crippen LogP contribution in [0.2, 0.25) is 0 Å². The van der Waals surface area contributed by atoms with Gasteiger partial charge in [-0.2, -0.15) is 0 Å². The smallest absolute Gasteiger partial charge is 0.191 e. The summed E-state index contributed by atoms with van der Waals surface area (Å²) in [6, 6.07) is 16.6. The van der Waals surface area contributed by atoms with Crippen molar-refractivity contribution in [3.05, 3.63) is 77.9 Å². The molecule has 5 heteroatoms. The monoisotopic (exact) mass is 366 g/mol. The lowest BCUT2D eigenvalue weighted by atomic mass is 10.1. The minimum Gasteiger partial charge on any atom is -0.489 e. The third kappa shape index (κ3) is 7.15. The van der Waals surface area contributed by atoms with Crippen molar-refractivity contribution in [1.29, 1.82) is 0 Å². The first-order valence-electron chi connectivity index (χ1n) is 9.11. The Labute approximate surface area is 162 Å². The Hall–Kier alpha value is -2.79. The van der Waals surface area contributed by atoms with Crippen LogP contribution in [0.25, 0.3) is 0 Å². The molecule has 2 aromatic carbocycles. The van der Waals surface area contributed by atoms with E-state index in [0.29, 0.717) is 13.2 Å². The first-order chi connectivity index (χ1) is 13.1. The molecule has 27 heavy (non-hydrogen) atoms. The number of hydrogen-bond acceptors (Lipinski definition) is 3. The molecule has 0 spiro atoms. The van der Waals surface area contributed by atoms with Crippen LogP contribution in [-0.2, 0) is 19.6 Å². The highest BCUT2D eigenvalue weighted by Gasteiger charge is 2.04. The van der Waals surface area contributed by atoms with Crippen LogP contribution in [0.1, 0.15) is 16.7 Å². The molecule has 0 saturated carbocycles. The number of nitrogens with zero attached hydrogens (tertiary/aromatic N) is 2. The maximum atomic E-state index is 5.70. The molecule has 0 unspecified atom stereocenters. The van der Waals surface area contributed by atoms with Crippen LogP contribution < -0.4 is 15.4 Å². The van der Waals surface area contributed by atoms with E-state index in [1.807, 2.05) is 24.3 Å². The summed E-state index contributed by atoms with van der Waals surface area (Å²) in [5.74, 6) is 1.61. The molecule has 2 N–H and O–H groups in total. The lowest BCUT2D eigenvalue weighted by molar-refractivity contribution is 0.358. The Balaban J connectivity index is 1.87. The van der Waals surface area contributed by atoms with E-state index in [2.05, 4.69) is 65.5 Å². The third-order valence-electron chi connectivity index (χ3n) is 3.98. The molecule has 0 fully saturated rings. The van der Waals surface area contributed by atoms with Crippen molar-refractivity contribution in [2.24, 2.45) is 4.99 Å². The van der Waals surface area contributed by atoms with Gasteiger partial charge < -0.3 is 20.3 Å². The number of nitrogens with one attached hydrogen (secondary N) is 2. The number of benzene rings is 2. The molecule has 0 aliphatic rings. The van der Waals surface area contributed by atoms with Crippen LogP contribution in [0.4, 0.5) is 0 Å². The van der Waals surface area contributed by atoms with Crippen LogP contribution in [0, 0.1) is 0 Å². The summed E-state index contributed by atoms with van der Waals surface area (Å²) >= 11 is 0. The van der Waals surface area contributed by atoms with Gasteiger partial charge in [0, 0.05) is 32.2 Å². The quantitative estimate of drug-likeness (QED) is 0.407. The molecular formula is C22H30N4O. The minimum atomic E-state index is 0.494. The number of aliphatic imine (C=N–C) groups is 1. The van der Waals surface area contributed by atoms with Crippen LogP contribution in [0.3, 0.4) is 0 Å². The molecule has 0 bridgehead atoms. The summed E-state index contributed by atoms with van der Waals surface area (Å²) in [6.45, 7) is 6.49. The molecule has 0 saturated heterocycles. The molecule has 0 aromatic heterocycles. The number of guanidine groups is 1. The minimum absolute atomic E-state index is 0.494. The van der Waals surface area contributed by atoms with Crippen molar-refractivity contribution in [2.45, 2.75) is 19.6 Å². The summed E-state index contributed by atoms with van der Waals surface area (Å²) in [7, 11) is 5.92. The second-order valence-corrected chi connectivity index (χ2v) is 6.54. The number of ether oxygens (including phenoxy) is 1. The van der Waals surface area contributed by atoms with Crippen molar-refractivity contribution in [1.82, 2.24) is 15.5 Å². The topological polar surface area (TPSA) is 48.9 Å². The first-order valence-corrected chi connectivity index (χ1v) is 9.11. The highest BCUT2D eigenvalue weighted by molar-refractivity contribution is 5.79. The van der Waals surface area contributed by atoms with Gasteiger partial charge in [0.05, 0.1) is 0 Å². The average Bonchev–Trinajstić information content (AvgIpc) is 2.68. The molecular weight excluding hydrogens is 336 g/mol. The maximum absolute atomic E-state index is 5.70. The molecule has 5 nitrogen and oxygen atoms in total. The van der Waals surface area contributed by atoms with E-state index in [1.165, 1.54) is 11.1 Å². The Morgan fingerprint density at radius 3 is 2.37 bits per heavy atom. The van der Waals surface area contributed by atoms with Crippen LogP contribution in [-0.4, -0.2) is 38.6 Å². The molecule has 0 aliphatic carbocycles. The van der Waals surface area contributed by atoms with E-state index in [-0.39, 0.29) is 0 Å². The molecule has 144 valence electrons. The van der Waals surface area contributed by atoms with Crippen molar-refractivity contribution >= 4 is 5.96 Å². The Morgan fingerprint density at radius 2 is 1.70 bits per heavy atom. The van der Waals surface area contributed by atoms with E-state index in [1.54, 1.807) is 13.1 Å². The van der Waals surface area contributed by atoms with Gasteiger partial charge in [0.15, 0.2) is 5.96 Å². The molecule has 0 radical (unpaired) electrons. The number of para-hydroxylation sites is 1. The fourth-order valence-electron chi connectivity index (χ4n) is 2.65. The van der Waals surface area contributed by atoms with E-state index in [4.69, 9.17) is 4.74 Å². The van der Waals surface area contributed by atoms with E-state index < -0.39 is 0 Å². The Bertz CT molecular complexity index is 738. The summed E-state index contributed by atoms with van der Waals surface area (Å²) in [5, 5.41) is 6.69. The predicted molar refractivity (Wildman–Crippen MR) is 113 cm³/mol. The van der Waals surface area contributed by atoms with Crippen molar-refractivity contribution in [3.8, 4) is 5.75 Å². The SMILES string of the molecule is C=CCOc1ccccc1CNC(=NC)NCc1ccc(CN(C)C)cc1. The summed E-state index contributed by atoms with van der Waals surface area (Å²) in [5.41, 5.74) is 3.60. The predicted octanol–water partition coefficient (Wildman–Crippen LogP) is 3.18. The normalized spacial score (nSPS) is 11.3. The van der Waals surface area contributed by atoms with Gasteiger partial charge in [-0.25, -0.2) is 0 Å². The first kappa shape index (κ1) is 20.5. The van der Waals surface area contributed by atoms with E-state index in [0.717, 1.165) is 30.4 Å². The van der Waals surface area contributed by atoms with Gasteiger partial charge in [-0.1, -0.05) is 55.1 Å². The average molecular weight is 367 g/mol. The zero-order valence-electron chi connectivity index (χ0n) is 16.5. The molecule has 0 heterocycles. The van der Waals surface area contributed by atoms with Gasteiger partial charge in [-0.3, -0.25) is 4.99 Å². The van der Waals surface area contributed by atoms with Gasteiger partial charge in [-0.05, 0) is 31.3 Å². The fraction of sp³-hybridized carbons (Fsp3) is 0.318. The zero-order chi connectivity index (χ0) is 19.5. The lowest BCUT2D eigenvalue weighted by Crippen LogP contribution is -2.36. The van der Waals surface area contributed by atoms with Crippen LogP contribution in [0.15, 0.2) is 66.2 Å². The molecule has 0 atom stereocenters. The van der Waals surface area contributed by atoms with E-state index in [9.17, 15) is 0 Å². The number of hydrogen-bond donors (Lipinski definition) is 2. The van der Waals surface area contributed by atoms with Gasteiger partial charge >= 0.3 is 0 Å². The highest BCUT2D eigenvalue weighted by atomic mass is 16.5. The molecule has 2 aromatic rings. The molecule has 0 amide bonds.